The number of nitrogens with one attached hydrogen (secondary N) is 1. The standard InChI is InChI=1S/C26H25FN2O5/c1-3-15-33-20-12-10-19(11-13-20)26(31)34-23-14-9-18(16-24(23)32-4-2)17-28-29-25(30)21-7-5-6-8-22(21)27/h5-14,16-17H,3-4,15H2,1-2H3,(H,29,30)/b28-17-. The highest BCUT2D eigenvalue weighted by atomic mass is 19.1. The van der Waals surface area contributed by atoms with Crippen molar-refractivity contribution in [1.82, 2.24) is 5.43 Å². The van der Waals surface area contributed by atoms with Gasteiger partial charge in [0.05, 0.1) is 30.6 Å². The molecule has 0 fully saturated rings. The maximum absolute atomic E-state index is 13.7. The molecule has 0 spiro atoms. The van der Waals surface area contributed by atoms with Crippen LogP contribution >= 0.6 is 0 Å². The molecule has 0 aliphatic rings. The molecule has 3 rings (SSSR count). The number of esters is 1. The number of hydrazone groups is 1. The third kappa shape index (κ3) is 6.65. The summed E-state index contributed by atoms with van der Waals surface area (Å²) >= 11 is 0. The minimum atomic E-state index is -0.670. The first kappa shape index (κ1) is 24.4. The van der Waals surface area contributed by atoms with Gasteiger partial charge < -0.3 is 14.2 Å². The summed E-state index contributed by atoms with van der Waals surface area (Å²) in [5.74, 6) is -0.589. The maximum Gasteiger partial charge on any atom is 0.343 e. The lowest BCUT2D eigenvalue weighted by atomic mass is 10.2. The van der Waals surface area contributed by atoms with E-state index in [0.717, 1.165) is 6.42 Å². The fraction of sp³-hybridized carbons (Fsp3) is 0.192. The zero-order valence-electron chi connectivity index (χ0n) is 18.9. The minimum Gasteiger partial charge on any atom is -0.494 e. The SMILES string of the molecule is CCCOc1ccc(C(=O)Oc2ccc(/C=N\NC(=O)c3ccccc3F)cc2OCC)cc1. The quantitative estimate of drug-likeness (QED) is 0.198. The third-order valence-electron chi connectivity index (χ3n) is 4.53. The number of hydrogen-bond acceptors (Lipinski definition) is 6. The average molecular weight is 464 g/mol. The Hall–Kier alpha value is -4.20. The van der Waals surface area contributed by atoms with Gasteiger partial charge in [-0.25, -0.2) is 14.6 Å². The average Bonchev–Trinajstić information content (AvgIpc) is 2.85. The summed E-state index contributed by atoms with van der Waals surface area (Å²) in [6.07, 6.45) is 2.27. The summed E-state index contributed by atoms with van der Waals surface area (Å²) < 4.78 is 30.3. The molecule has 0 aromatic heterocycles. The zero-order chi connectivity index (χ0) is 24.3. The highest BCUT2D eigenvalue weighted by Crippen LogP contribution is 2.29. The summed E-state index contributed by atoms with van der Waals surface area (Å²) in [4.78, 5) is 24.6. The highest BCUT2D eigenvalue weighted by molar-refractivity contribution is 5.95. The summed E-state index contributed by atoms with van der Waals surface area (Å²) in [7, 11) is 0. The Morgan fingerprint density at radius 1 is 0.971 bits per heavy atom. The van der Waals surface area contributed by atoms with Crippen molar-refractivity contribution in [2.75, 3.05) is 13.2 Å². The molecule has 0 aliphatic carbocycles. The Morgan fingerprint density at radius 2 is 1.74 bits per heavy atom. The van der Waals surface area contributed by atoms with Gasteiger partial charge in [0.15, 0.2) is 11.5 Å². The minimum absolute atomic E-state index is 0.109. The van der Waals surface area contributed by atoms with Crippen molar-refractivity contribution in [2.24, 2.45) is 5.10 Å². The monoisotopic (exact) mass is 464 g/mol. The van der Waals surface area contributed by atoms with Gasteiger partial charge in [-0.15, -0.1) is 0 Å². The Labute approximate surface area is 197 Å². The maximum atomic E-state index is 13.7. The number of carbonyl (C=O) groups excluding carboxylic acids is 2. The molecule has 0 unspecified atom stereocenters. The van der Waals surface area contributed by atoms with E-state index < -0.39 is 17.7 Å². The second-order valence-electron chi connectivity index (χ2n) is 7.08. The third-order valence-corrected chi connectivity index (χ3v) is 4.53. The van der Waals surface area contributed by atoms with Crippen molar-refractivity contribution in [3.63, 3.8) is 0 Å². The molecular formula is C26H25FN2O5. The second-order valence-corrected chi connectivity index (χ2v) is 7.08. The Balaban J connectivity index is 1.67. The molecule has 0 bridgehead atoms. The van der Waals surface area contributed by atoms with Gasteiger partial charge in [0, 0.05) is 0 Å². The molecule has 1 amide bonds. The number of amides is 1. The number of nitrogens with zero attached hydrogens (tertiary/aromatic N) is 1. The van der Waals surface area contributed by atoms with E-state index >= 15 is 0 Å². The molecule has 8 heteroatoms. The fourth-order valence-electron chi connectivity index (χ4n) is 2.89. The lowest BCUT2D eigenvalue weighted by Crippen LogP contribution is -2.18. The molecular weight excluding hydrogens is 439 g/mol. The van der Waals surface area contributed by atoms with E-state index in [4.69, 9.17) is 14.2 Å². The van der Waals surface area contributed by atoms with E-state index in [2.05, 4.69) is 10.5 Å². The molecule has 0 heterocycles. The number of benzene rings is 3. The second kappa shape index (κ2) is 12.2. The first-order chi connectivity index (χ1) is 16.5. The molecule has 7 nitrogen and oxygen atoms in total. The van der Waals surface area contributed by atoms with Crippen molar-refractivity contribution in [3.05, 3.63) is 89.2 Å². The van der Waals surface area contributed by atoms with E-state index in [-0.39, 0.29) is 11.3 Å². The van der Waals surface area contributed by atoms with Crippen LogP contribution in [0.25, 0.3) is 0 Å². The van der Waals surface area contributed by atoms with Gasteiger partial charge in [-0.1, -0.05) is 19.1 Å². The van der Waals surface area contributed by atoms with E-state index in [1.54, 1.807) is 55.5 Å². The molecule has 0 saturated carbocycles. The largest absolute Gasteiger partial charge is 0.494 e. The molecule has 176 valence electrons. The predicted octanol–water partition coefficient (Wildman–Crippen LogP) is 5.00. The normalized spacial score (nSPS) is 10.7. The molecule has 0 aliphatic heterocycles. The van der Waals surface area contributed by atoms with Crippen LogP contribution in [-0.2, 0) is 0 Å². The number of carbonyl (C=O) groups is 2. The van der Waals surface area contributed by atoms with Crippen LogP contribution in [0.5, 0.6) is 17.2 Å². The molecule has 0 atom stereocenters. The van der Waals surface area contributed by atoms with Gasteiger partial charge in [-0.3, -0.25) is 4.79 Å². The molecule has 3 aromatic carbocycles. The first-order valence-corrected chi connectivity index (χ1v) is 10.8. The molecule has 0 radical (unpaired) electrons. The van der Waals surface area contributed by atoms with Crippen molar-refractivity contribution in [1.29, 1.82) is 0 Å². The number of ether oxygens (including phenoxy) is 3. The highest BCUT2D eigenvalue weighted by Gasteiger charge is 2.14. The fourth-order valence-corrected chi connectivity index (χ4v) is 2.89. The molecule has 3 aromatic rings. The van der Waals surface area contributed by atoms with Gasteiger partial charge in [0.1, 0.15) is 11.6 Å². The van der Waals surface area contributed by atoms with E-state index in [1.807, 2.05) is 6.92 Å². The predicted molar refractivity (Wildman–Crippen MR) is 126 cm³/mol. The van der Waals surface area contributed by atoms with Gasteiger partial charge in [0.25, 0.3) is 5.91 Å². The van der Waals surface area contributed by atoms with Gasteiger partial charge in [0.2, 0.25) is 0 Å². The summed E-state index contributed by atoms with van der Waals surface area (Å²) in [5, 5.41) is 3.86. The van der Waals surface area contributed by atoms with Gasteiger partial charge in [-0.2, -0.15) is 5.10 Å². The zero-order valence-corrected chi connectivity index (χ0v) is 18.9. The van der Waals surface area contributed by atoms with Crippen LogP contribution in [0.2, 0.25) is 0 Å². The Kier molecular flexibility index (Phi) is 8.73. The van der Waals surface area contributed by atoms with Crippen molar-refractivity contribution in [2.45, 2.75) is 20.3 Å². The summed E-state index contributed by atoms with van der Waals surface area (Å²) in [6, 6.07) is 17.1. The lowest BCUT2D eigenvalue weighted by molar-refractivity contribution is 0.0728. The van der Waals surface area contributed by atoms with E-state index in [9.17, 15) is 14.0 Å². The first-order valence-electron chi connectivity index (χ1n) is 10.8. The van der Waals surface area contributed by atoms with Crippen LogP contribution < -0.4 is 19.6 Å². The van der Waals surface area contributed by atoms with Crippen LogP contribution in [-0.4, -0.2) is 31.3 Å². The Bertz CT molecular complexity index is 1160. The van der Waals surface area contributed by atoms with Crippen molar-refractivity contribution < 1.29 is 28.2 Å². The smallest absolute Gasteiger partial charge is 0.343 e. The van der Waals surface area contributed by atoms with Crippen LogP contribution in [0.3, 0.4) is 0 Å². The molecule has 34 heavy (non-hydrogen) atoms. The van der Waals surface area contributed by atoms with Gasteiger partial charge >= 0.3 is 5.97 Å². The lowest BCUT2D eigenvalue weighted by Gasteiger charge is -2.12. The van der Waals surface area contributed by atoms with E-state index in [0.29, 0.717) is 35.8 Å². The number of halogens is 1. The van der Waals surface area contributed by atoms with Crippen molar-refractivity contribution >= 4 is 18.1 Å². The van der Waals surface area contributed by atoms with Crippen LogP contribution in [0.1, 0.15) is 46.5 Å². The topological polar surface area (TPSA) is 86.2 Å². The van der Waals surface area contributed by atoms with Crippen molar-refractivity contribution in [3.8, 4) is 17.2 Å². The summed E-state index contributed by atoms with van der Waals surface area (Å²) in [6.45, 7) is 4.76. The molecule has 1 N–H and O–H groups in total. The Morgan fingerprint density at radius 3 is 2.44 bits per heavy atom. The van der Waals surface area contributed by atoms with Crippen LogP contribution in [0.4, 0.5) is 4.39 Å². The molecule has 0 saturated heterocycles. The summed E-state index contributed by atoms with van der Waals surface area (Å²) in [5.41, 5.74) is 3.12. The van der Waals surface area contributed by atoms with E-state index in [1.165, 1.54) is 24.4 Å². The number of rotatable bonds is 10. The number of hydrogen-bond donors (Lipinski definition) is 1. The van der Waals surface area contributed by atoms with Crippen LogP contribution in [0.15, 0.2) is 71.8 Å². The van der Waals surface area contributed by atoms with Gasteiger partial charge in [-0.05, 0) is 73.5 Å². The van der Waals surface area contributed by atoms with Crippen LogP contribution in [0, 0.1) is 5.82 Å².